The van der Waals surface area contributed by atoms with E-state index in [0.717, 1.165) is 20.8 Å². The first-order valence-electron chi connectivity index (χ1n) is 9.78. The van der Waals surface area contributed by atoms with E-state index in [1.54, 1.807) is 6.08 Å². The highest BCUT2D eigenvalue weighted by Crippen LogP contribution is 2.25. The molecular weight excluding hydrogens is 420 g/mol. The Bertz CT molecular complexity index is 1240. The van der Waals surface area contributed by atoms with Gasteiger partial charge in [-0.1, -0.05) is 30.3 Å². The third-order valence-corrected chi connectivity index (χ3v) is 8.05. The lowest BCUT2D eigenvalue weighted by Crippen LogP contribution is -2.47. The van der Waals surface area contributed by atoms with Crippen molar-refractivity contribution in [2.75, 3.05) is 26.2 Å². The fourth-order valence-electron chi connectivity index (χ4n) is 3.54. The molecule has 1 aliphatic rings. The van der Waals surface area contributed by atoms with Crippen molar-refractivity contribution in [2.24, 2.45) is 0 Å². The molecule has 0 saturated carbocycles. The largest absolute Gasteiger partial charge is 0.309 e. The van der Waals surface area contributed by atoms with Gasteiger partial charge in [0.15, 0.2) is 0 Å². The van der Waals surface area contributed by atoms with Crippen LogP contribution in [-0.4, -0.2) is 53.8 Å². The summed E-state index contributed by atoms with van der Waals surface area (Å²) in [7, 11) is -3.46. The summed E-state index contributed by atoms with van der Waals surface area (Å²) in [5, 5.41) is 1.94. The van der Waals surface area contributed by atoms with Crippen LogP contribution in [0.4, 0.5) is 0 Å². The predicted octanol–water partition coefficient (Wildman–Crippen LogP) is 2.72. The van der Waals surface area contributed by atoms with Crippen molar-refractivity contribution >= 4 is 37.7 Å². The van der Waals surface area contributed by atoms with Crippen molar-refractivity contribution in [3.8, 4) is 0 Å². The minimum Gasteiger partial charge on any atom is -0.309 e. The molecule has 0 radical (unpaired) electrons. The maximum atomic E-state index is 12.6. The molecule has 1 aromatic carbocycles. The predicted molar refractivity (Wildman–Crippen MR) is 121 cm³/mol. The summed E-state index contributed by atoms with van der Waals surface area (Å²) in [6.07, 6.45) is 1.62. The van der Waals surface area contributed by atoms with Crippen LogP contribution in [0.15, 0.2) is 40.5 Å². The second kappa shape index (κ2) is 8.43. The number of rotatable bonds is 5. The molecule has 1 aliphatic heterocycles. The van der Waals surface area contributed by atoms with Crippen molar-refractivity contribution in [1.29, 1.82) is 0 Å². The van der Waals surface area contributed by atoms with E-state index in [1.165, 1.54) is 21.1 Å². The molecule has 158 valence electrons. The zero-order chi connectivity index (χ0) is 21.3. The van der Waals surface area contributed by atoms with Crippen LogP contribution in [0, 0.1) is 13.8 Å². The van der Waals surface area contributed by atoms with Gasteiger partial charge in [0.05, 0.1) is 11.9 Å². The van der Waals surface area contributed by atoms with Crippen LogP contribution in [-0.2, 0) is 16.6 Å². The number of benzene rings is 1. The number of sulfonamides is 1. The van der Waals surface area contributed by atoms with Crippen LogP contribution in [0.25, 0.3) is 16.3 Å². The van der Waals surface area contributed by atoms with Gasteiger partial charge in [0.2, 0.25) is 10.0 Å². The van der Waals surface area contributed by atoms with Gasteiger partial charge in [0.1, 0.15) is 10.7 Å². The van der Waals surface area contributed by atoms with Crippen LogP contribution in [0.1, 0.15) is 21.8 Å². The van der Waals surface area contributed by atoms with Gasteiger partial charge in [0.25, 0.3) is 5.56 Å². The van der Waals surface area contributed by atoms with Crippen LogP contribution in [0.2, 0.25) is 0 Å². The molecule has 0 amide bonds. The van der Waals surface area contributed by atoms with E-state index >= 15 is 0 Å². The monoisotopic (exact) mass is 444 g/mol. The third-order valence-electron chi connectivity index (χ3n) is 5.38. The first-order valence-corrected chi connectivity index (χ1v) is 12.1. The summed E-state index contributed by atoms with van der Waals surface area (Å²) in [6, 6.07) is 9.38. The van der Waals surface area contributed by atoms with Crippen molar-refractivity contribution in [3.63, 3.8) is 0 Å². The van der Waals surface area contributed by atoms with Crippen LogP contribution < -0.4 is 5.56 Å². The first-order chi connectivity index (χ1) is 14.3. The van der Waals surface area contributed by atoms with Gasteiger partial charge in [-0.05, 0) is 31.1 Å². The normalized spacial score (nSPS) is 16.6. The van der Waals surface area contributed by atoms with E-state index < -0.39 is 10.0 Å². The molecule has 30 heavy (non-hydrogen) atoms. The number of hydrogen-bond donors (Lipinski definition) is 1. The average Bonchev–Trinajstić information content (AvgIpc) is 3.01. The van der Waals surface area contributed by atoms with E-state index in [1.807, 2.05) is 44.2 Å². The molecule has 3 heterocycles. The van der Waals surface area contributed by atoms with Gasteiger partial charge in [-0.25, -0.2) is 13.4 Å². The zero-order valence-corrected chi connectivity index (χ0v) is 18.6. The minimum absolute atomic E-state index is 0.107. The van der Waals surface area contributed by atoms with Crippen LogP contribution >= 0.6 is 11.3 Å². The number of aryl methyl sites for hydroxylation is 2. The maximum absolute atomic E-state index is 12.6. The lowest BCUT2D eigenvalue weighted by Gasteiger charge is -2.32. The molecule has 4 rings (SSSR count). The van der Waals surface area contributed by atoms with E-state index in [4.69, 9.17) is 0 Å². The molecule has 0 spiro atoms. The number of nitrogens with one attached hydrogen (secondary N) is 1. The molecule has 0 atom stereocenters. The molecule has 9 heteroatoms. The molecule has 3 aromatic rings. The number of nitrogens with zero attached hydrogens (tertiary/aromatic N) is 3. The Balaban J connectivity index is 1.41. The molecule has 2 aromatic heterocycles. The van der Waals surface area contributed by atoms with E-state index in [0.29, 0.717) is 43.9 Å². The molecular formula is C21H24N4O3S2. The Kier molecular flexibility index (Phi) is 5.88. The molecule has 1 N–H and O–H groups in total. The smallest absolute Gasteiger partial charge is 0.259 e. The van der Waals surface area contributed by atoms with Gasteiger partial charge >= 0.3 is 0 Å². The number of piperazine rings is 1. The number of aromatic amines is 1. The summed E-state index contributed by atoms with van der Waals surface area (Å²) in [6.45, 7) is 6.42. The highest BCUT2D eigenvalue weighted by Gasteiger charge is 2.25. The standard InChI is InChI=1S/C21H24N4O3S2/c1-15-16(2)29-21-19(15)20(26)22-18(23-21)14-24-9-11-25(12-10-24)30(27,28)13-8-17-6-4-3-5-7-17/h3-8,13H,9-12,14H2,1-2H3,(H,22,23,26)/b13-8+. The fourth-order valence-corrected chi connectivity index (χ4v) is 5.77. The van der Waals surface area contributed by atoms with Crippen molar-refractivity contribution < 1.29 is 8.42 Å². The SMILES string of the molecule is Cc1sc2nc(CN3CCN(S(=O)(=O)/C=C/c4ccccc4)CC3)[nH]c(=O)c2c1C. The quantitative estimate of drug-likeness (QED) is 0.654. The number of thiophene rings is 1. The molecule has 0 unspecified atom stereocenters. The Morgan fingerprint density at radius 3 is 2.53 bits per heavy atom. The first kappa shape index (κ1) is 20.9. The summed E-state index contributed by atoms with van der Waals surface area (Å²) in [5.41, 5.74) is 1.73. The molecule has 1 saturated heterocycles. The second-order valence-corrected chi connectivity index (χ2v) is 10.4. The number of aromatic nitrogens is 2. The maximum Gasteiger partial charge on any atom is 0.259 e. The summed E-state index contributed by atoms with van der Waals surface area (Å²) >= 11 is 1.53. The van der Waals surface area contributed by atoms with Crippen LogP contribution in [0.3, 0.4) is 0 Å². The summed E-state index contributed by atoms with van der Waals surface area (Å²) in [4.78, 5) is 23.9. The molecule has 7 nitrogen and oxygen atoms in total. The van der Waals surface area contributed by atoms with Gasteiger partial charge in [-0.3, -0.25) is 9.69 Å². The molecule has 1 fully saturated rings. The van der Waals surface area contributed by atoms with Crippen molar-refractivity contribution in [1.82, 2.24) is 19.2 Å². The summed E-state index contributed by atoms with van der Waals surface area (Å²) < 4.78 is 26.7. The van der Waals surface area contributed by atoms with Crippen LogP contribution in [0.5, 0.6) is 0 Å². The Morgan fingerprint density at radius 1 is 1.13 bits per heavy atom. The van der Waals surface area contributed by atoms with Gasteiger partial charge < -0.3 is 4.98 Å². The van der Waals surface area contributed by atoms with E-state index in [2.05, 4.69) is 14.9 Å². The van der Waals surface area contributed by atoms with E-state index in [9.17, 15) is 13.2 Å². The lowest BCUT2D eigenvalue weighted by atomic mass is 10.2. The summed E-state index contributed by atoms with van der Waals surface area (Å²) in [5.74, 6) is 0.619. The minimum atomic E-state index is -3.46. The fraction of sp³-hybridized carbons (Fsp3) is 0.333. The second-order valence-electron chi connectivity index (χ2n) is 7.41. The Labute approximate surface area is 179 Å². The topological polar surface area (TPSA) is 86.4 Å². The average molecular weight is 445 g/mol. The Hall–Kier alpha value is -2.33. The van der Waals surface area contributed by atoms with Crippen molar-refractivity contribution in [2.45, 2.75) is 20.4 Å². The highest BCUT2D eigenvalue weighted by molar-refractivity contribution is 7.92. The molecule has 0 aliphatic carbocycles. The van der Waals surface area contributed by atoms with Gasteiger partial charge in [-0.2, -0.15) is 4.31 Å². The number of H-pyrrole nitrogens is 1. The number of hydrogen-bond acceptors (Lipinski definition) is 6. The van der Waals surface area contributed by atoms with Gasteiger partial charge in [0, 0.05) is 36.5 Å². The zero-order valence-electron chi connectivity index (χ0n) is 17.0. The third kappa shape index (κ3) is 4.39. The molecule has 0 bridgehead atoms. The van der Waals surface area contributed by atoms with Gasteiger partial charge in [-0.15, -0.1) is 11.3 Å². The Morgan fingerprint density at radius 2 is 1.83 bits per heavy atom. The van der Waals surface area contributed by atoms with E-state index in [-0.39, 0.29) is 5.56 Å². The van der Waals surface area contributed by atoms with Crippen molar-refractivity contribution in [3.05, 3.63) is 67.9 Å². The number of fused-ring (bicyclic) bond motifs is 1. The lowest BCUT2D eigenvalue weighted by molar-refractivity contribution is 0.179. The highest BCUT2D eigenvalue weighted by atomic mass is 32.2.